The highest BCUT2D eigenvalue weighted by molar-refractivity contribution is 7.98. The molecule has 0 radical (unpaired) electrons. The van der Waals surface area contributed by atoms with Crippen LogP contribution in [0.3, 0.4) is 0 Å². The van der Waals surface area contributed by atoms with Crippen LogP contribution in [-0.2, 0) is 5.75 Å². The molecule has 0 fully saturated rings. The number of fused-ring (bicyclic) bond motifs is 3. The molecule has 0 amide bonds. The first kappa shape index (κ1) is 14.3. The van der Waals surface area contributed by atoms with E-state index in [1.807, 2.05) is 0 Å². The van der Waals surface area contributed by atoms with Crippen molar-refractivity contribution in [3.05, 3.63) is 40.8 Å². The number of aromatic nitrogens is 4. The number of benzene rings is 1. The molecule has 0 unspecified atom stereocenters. The van der Waals surface area contributed by atoms with E-state index in [1.165, 1.54) is 35.0 Å². The van der Waals surface area contributed by atoms with Crippen LogP contribution in [0.15, 0.2) is 29.3 Å². The Kier molecular flexibility index (Phi) is 3.69. The number of halogens is 2. The van der Waals surface area contributed by atoms with Crippen molar-refractivity contribution in [3.8, 4) is 0 Å². The van der Waals surface area contributed by atoms with E-state index < -0.39 is 0 Å². The standard InChI is InChI=1S/C13H6ClFN4S3/c14-11-10-9(16-19-17-11)8-12(18-22-13(8)21-10)20-5-6-1-3-7(15)4-2-6/h1-4H,5H2. The van der Waals surface area contributed by atoms with Crippen molar-refractivity contribution in [1.82, 2.24) is 19.8 Å². The predicted molar refractivity (Wildman–Crippen MR) is 89.4 cm³/mol. The smallest absolute Gasteiger partial charge is 0.172 e. The molecule has 0 aliphatic rings. The van der Waals surface area contributed by atoms with Crippen molar-refractivity contribution in [2.45, 2.75) is 10.8 Å². The van der Waals surface area contributed by atoms with E-state index in [2.05, 4.69) is 19.8 Å². The van der Waals surface area contributed by atoms with E-state index in [-0.39, 0.29) is 5.82 Å². The third-order valence-corrected chi connectivity index (χ3v) is 6.67. The fourth-order valence-electron chi connectivity index (χ4n) is 2.00. The summed E-state index contributed by atoms with van der Waals surface area (Å²) in [6.45, 7) is 0. The van der Waals surface area contributed by atoms with Gasteiger partial charge in [-0.2, -0.15) is 4.37 Å². The van der Waals surface area contributed by atoms with Crippen LogP contribution in [0.1, 0.15) is 5.56 Å². The van der Waals surface area contributed by atoms with Gasteiger partial charge in [-0.05, 0) is 34.4 Å². The molecule has 1 aromatic carbocycles. The number of hydrogen-bond acceptors (Lipinski definition) is 7. The summed E-state index contributed by atoms with van der Waals surface area (Å²) in [6.07, 6.45) is 0. The summed E-state index contributed by atoms with van der Waals surface area (Å²) >= 11 is 10.6. The molecule has 0 aliphatic carbocycles. The topological polar surface area (TPSA) is 51.6 Å². The van der Waals surface area contributed by atoms with Crippen LogP contribution in [-0.4, -0.2) is 19.8 Å². The summed E-state index contributed by atoms with van der Waals surface area (Å²) in [5.74, 6) is 0.480. The summed E-state index contributed by atoms with van der Waals surface area (Å²) in [6, 6.07) is 6.48. The molecule has 9 heteroatoms. The molecule has 0 N–H and O–H groups in total. The maximum Gasteiger partial charge on any atom is 0.172 e. The van der Waals surface area contributed by atoms with Gasteiger partial charge in [0.1, 0.15) is 20.4 Å². The number of thiophene rings is 1. The first-order valence-electron chi connectivity index (χ1n) is 6.16. The lowest BCUT2D eigenvalue weighted by Crippen LogP contribution is -1.87. The molecule has 0 saturated carbocycles. The Labute approximate surface area is 141 Å². The predicted octanol–water partition coefficient (Wildman–Crippen LogP) is 4.78. The number of hydrogen-bond donors (Lipinski definition) is 0. The lowest BCUT2D eigenvalue weighted by molar-refractivity contribution is 0.627. The minimum atomic E-state index is -0.231. The second-order valence-electron chi connectivity index (χ2n) is 4.43. The molecular weight excluding hydrogens is 363 g/mol. The zero-order chi connectivity index (χ0) is 15.1. The number of rotatable bonds is 3. The zero-order valence-corrected chi connectivity index (χ0v) is 14.0. The Balaban J connectivity index is 1.71. The van der Waals surface area contributed by atoms with Gasteiger partial charge in [0.2, 0.25) is 0 Å². The fourth-order valence-corrected chi connectivity index (χ4v) is 5.43. The SMILES string of the molecule is Fc1ccc(CSc2nsc3sc4c(Cl)nnnc4c23)cc1. The molecule has 0 atom stereocenters. The molecule has 3 aromatic heterocycles. The van der Waals surface area contributed by atoms with Gasteiger partial charge < -0.3 is 0 Å². The van der Waals surface area contributed by atoms with Gasteiger partial charge in [0.25, 0.3) is 0 Å². The van der Waals surface area contributed by atoms with Gasteiger partial charge in [-0.25, -0.2) is 4.39 Å². The third-order valence-electron chi connectivity index (χ3n) is 3.03. The van der Waals surface area contributed by atoms with Gasteiger partial charge in [-0.3, -0.25) is 0 Å². The van der Waals surface area contributed by atoms with E-state index in [9.17, 15) is 4.39 Å². The van der Waals surface area contributed by atoms with Crippen molar-refractivity contribution in [1.29, 1.82) is 0 Å². The van der Waals surface area contributed by atoms with E-state index in [0.29, 0.717) is 10.9 Å². The summed E-state index contributed by atoms with van der Waals surface area (Å²) in [5, 5.41) is 13.8. The van der Waals surface area contributed by atoms with Crippen LogP contribution >= 0.6 is 46.2 Å². The second kappa shape index (κ2) is 5.69. The van der Waals surface area contributed by atoms with E-state index in [1.54, 1.807) is 23.9 Å². The average Bonchev–Trinajstić information content (AvgIpc) is 3.07. The van der Waals surface area contributed by atoms with Gasteiger partial charge in [-0.15, -0.1) is 21.5 Å². The van der Waals surface area contributed by atoms with E-state index in [4.69, 9.17) is 11.6 Å². The van der Waals surface area contributed by atoms with E-state index >= 15 is 0 Å². The van der Waals surface area contributed by atoms with Gasteiger partial charge in [0, 0.05) is 5.75 Å². The summed E-state index contributed by atoms with van der Waals surface area (Å²) in [7, 11) is 0. The molecule has 4 rings (SSSR count). The first-order chi connectivity index (χ1) is 10.7. The lowest BCUT2D eigenvalue weighted by atomic mass is 10.2. The number of nitrogens with zero attached hydrogens (tertiary/aromatic N) is 4. The second-order valence-corrected chi connectivity index (χ2v) is 7.80. The molecule has 4 nitrogen and oxygen atoms in total. The summed E-state index contributed by atoms with van der Waals surface area (Å²) in [4.78, 5) is 0. The van der Waals surface area contributed by atoms with Crippen LogP contribution < -0.4 is 0 Å². The van der Waals surface area contributed by atoms with Crippen LogP contribution in [0, 0.1) is 5.82 Å². The highest BCUT2D eigenvalue weighted by Gasteiger charge is 2.18. The average molecular weight is 369 g/mol. The molecule has 0 spiro atoms. The van der Waals surface area contributed by atoms with Crippen molar-refractivity contribution < 1.29 is 4.39 Å². The molecule has 0 saturated heterocycles. The van der Waals surface area contributed by atoms with Crippen molar-refractivity contribution in [2.75, 3.05) is 0 Å². The van der Waals surface area contributed by atoms with Crippen LogP contribution in [0.2, 0.25) is 5.15 Å². The summed E-state index contributed by atoms with van der Waals surface area (Å²) < 4.78 is 19.3. The molecular formula is C13H6ClFN4S3. The fraction of sp³-hybridized carbons (Fsp3) is 0.0769. The van der Waals surface area contributed by atoms with Crippen LogP contribution in [0.25, 0.3) is 19.6 Å². The molecule has 110 valence electrons. The molecule has 0 bridgehead atoms. The Morgan fingerprint density at radius 2 is 2.00 bits per heavy atom. The van der Waals surface area contributed by atoms with Gasteiger partial charge >= 0.3 is 0 Å². The maximum atomic E-state index is 12.9. The first-order valence-corrected chi connectivity index (χ1v) is 9.11. The normalized spacial score (nSPS) is 11.5. The van der Waals surface area contributed by atoms with Crippen LogP contribution in [0.5, 0.6) is 0 Å². The van der Waals surface area contributed by atoms with Crippen molar-refractivity contribution in [3.63, 3.8) is 0 Å². The van der Waals surface area contributed by atoms with Crippen LogP contribution in [0.4, 0.5) is 4.39 Å². The zero-order valence-electron chi connectivity index (χ0n) is 10.8. The monoisotopic (exact) mass is 368 g/mol. The Bertz CT molecular complexity index is 967. The Hall–Kier alpha value is -1.35. The molecule has 0 aliphatic heterocycles. The molecule has 3 heterocycles. The van der Waals surface area contributed by atoms with Gasteiger partial charge in [0.05, 0.1) is 10.1 Å². The lowest BCUT2D eigenvalue weighted by Gasteiger charge is -1.99. The highest BCUT2D eigenvalue weighted by Crippen LogP contribution is 2.42. The molecule has 22 heavy (non-hydrogen) atoms. The van der Waals surface area contributed by atoms with Crippen molar-refractivity contribution in [2.24, 2.45) is 0 Å². The minimum Gasteiger partial charge on any atom is -0.207 e. The minimum absolute atomic E-state index is 0.231. The largest absolute Gasteiger partial charge is 0.207 e. The van der Waals surface area contributed by atoms with Gasteiger partial charge in [0.15, 0.2) is 5.15 Å². The third kappa shape index (κ3) is 2.45. The van der Waals surface area contributed by atoms with E-state index in [0.717, 1.165) is 30.2 Å². The summed E-state index contributed by atoms with van der Waals surface area (Å²) in [5.41, 5.74) is 1.79. The Morgan fingerprint density at radius 1 is 1.18 bits per heavy atom. The maximum absolute atomic E-state index is 12.9. The van der Waals surface area contributed by atoms with Crippen molar-refractivity contribution >= 4 is 65.8 Å². The number of thioether (sulfide) groups is 1. The highest BCUT2D eigenvalue weighted by atomic mass is 35.5. The quantitative estimate of drug-likeness (QED) is 0.487. The van der Waals surface area contributed by atoms with Gasteiger partial charge in [-0.1, -0.05) is 35.5 Å². The Morgan fingerprint density at radius 3 is 2.82 bits per heavy atom. The molecule has 4 aromatic rings.